The first-order chi connectivity index (χ1) is 7.06. The van der Waals surface area contributed by atoms with Crippen molar-refractivity contribution in [3.05, 3.63) is 20.8 Å². The zero-order valence-electron chi connectivity index (χ0n) is 8.81. The summed E-state index contributed by atoms with van der Waals surface area (Å²) in [5, 5.41) is 11.3. The summed E-state index contributed by atoms with van der Waals surface area (Å²) in [4.78, 5) is 1.07. The summed E-state index contributed by atoms with van der Waals surface area (Å²) in [5.74, 6) is 0. The summed E-state index contributed by atoms with van der Waals surface area (Å²) in [6.45, 7) is 3.97. The lowest BCUT2D eigenvalue weighted by atomic mass is 10.2. The summed E-state index contributed by atoms with van der Waals surface area (Å²) < 4.78 is 6.71. The monoisotopic (exact) mass is 293 g/mol. The summed E-state index contributed by atoms with van der Waals surface area (Å²) in [5.41, 5.74) is 5.66. The Balaban J connectivity index is 2.69. The van der Waals surface area contributed by atoms with Gasteiger partial charge >= 0.3 is 0 Å². The van der Waals surface area contributed by atoms with Crippen LogP contribution >= 0.6 is 27.3 Å². The minimum absolute atomic E-state index is 0.149. The molecule has 0 aromatic carbocycles. The van der Waals surface area contributed by atoms with Gasteiger partial charge in [0, 0.05) is 15.9 Å². The summed E-state index contributed by atoms with van der Waals surface area (Å²) in [6, 6.07) is 1.97. The third-order valence-electron chi connectivity index (χ3n) is 2.21. The SMILES string of the molecule is CC(O)C(C)OC(CN)c1sccc1Br. The molecule has 0 radical (unpaired) electrons. The highest BCUT2D eigenvalue weighted by Crippen LogP contribution is 2.31. The molecule has 0 amide bonds. The number of rotatable bonds is 5. The molecule has 1 aromatic heterocycles. The van der Waals surface area contributed by atoms with Gasteiger partial charge < -0.3 is 15.6 Å². The predicted octanol–water partition coefficient (Wildman–Crippen LogP) is 2.30. The van der Waals surface area contributed by atoms with Crippen LogP contribution in [0.15, 0.2) is 15.9 Å². The minimum Gasteiger partial charge on any atom is -0.391 e. The Morgan fingerprint density at radius 3 is 2.67 bits per heavy atom. The van der Waals surface area contributed by atoms with E-state index in [1.807, 2.05) is 18.4 Å². The Morgan fingerprint density at radius 2 is 2.27 bits per heavy atom. The van der Waals surface area contributed by atoms with E-state index in [0.29, 0.717) is 6.54 Å². The fourth-order valence-corrected chi connectivity index (χ4v) is 2.81. The largest absolute Gasteiger partial charge is 0.391 e. The van der Waals surface area contributed by atoms with Crippen molar-refractivity contribution in [1.82, 2.24) is 0 Å². The van der Waals surface area contributed by atoms with Crippen LogP contribution in [0, 0.1) is 0 Å². The van der Waals surface area contributed by atoms with Gasteiger partial charge in [0.15, 0.2) is 0 Å². The van der Waals surface area contributed by atoms with Gasteiger partial charge in [-0.3, -0.25) is 0 Å². The van der Waals surface area contributed by atoms with Crippen molar-refractivity contribution >= 4 is 27.3 Å². The number of aliphatic hydroxyl groups is 1. The molecule has 0 saturated carbocycles. The van der Waals surface area contributed by atoms with Crippen LogP contribution in [0.4, 0.5) is 0 Å². The molecule has 1 heterocycles. The second-order valence-corrected chi connectivity index (χ2v) is 5.24. The van der Waals surface area contributed by atoms with Gasteiger partial charge in [0.25, 0.3) is 0 Å². The fourth-order valence-electron chi connectivity index (χ4n) is 1.13. The zero-order valence-corrected chi connectivity index (χ0v) is 11.2. The molecule has 0 saturated heterocycles. The summed E-state index contributed by atoms with van der Waals surface area (Å²) in [7, 11) is 0. The number of hydrogen-bond donors (Lipinski definition) is 2. The van der Waals surface area contributed by atoms with Gasteiger partial charge in [-0.25, -0.2) is 0 Å². The average molecular weight is 294 g/mol. The van der Waals surface area contributed by atoms with E-state index >= 15 is 0 Å². The van der Waals surface area contributed by atoms with E-state index in [2.05, 4.69) is 15.9 Å². The Bertz CT molecular complexity index is 303. The van der Waals surface area contributed by atoms with E-state index in [0.717, 1.165) is 9.35 Å². The first-order valence-corrected chi connectivity index (χ1v) is 6.50. The van der Waals surface area contributed by atoms with E-state index in [1.165, 1.54) is 0 Å². The highest BCUT2D eigenvalue weighted by Gasteiger charge is 2.20. The molecule has 1 aromatic rings. The summed E-state index contributed by atoms with van der Waals surface area (Å²) >= 11 is 5.05. The molecule has 0 aliphatic carbocycles. The van der Waals surface area contributed by atoms with Crippen LogP contribution in [0.3, 0.4) is 0 Å². The Hall–Kier alpha value is 0.0600. The third-order valence-corrected chi connectivity index (χ3v) is 4.17. The number of ether oxygens (including phenoxy) is 1. The molecule has 0 spiro atoms. The molecule has 3 atom stereocenters. The lowest BCUT2D eigenvalue weighted by Crippen LogP contribution is -2.27. The van der Waals surface area contributed by atoms with Crippen LogP contribution < -0.4 is 5.73 Å². The number of aliphatic hydroxyl groups excluding tert-OH is 1. The molecule has 86 valence electrons. The van der Waals surface area contributed by atoms with E-state index < -0.39 is 6.10 Å². The molecule has 3 N–H and O–H groups in total. The second kappa shape index (κ2) is 5.96. The van der Waals surface area contributed by atoms with Crippen molar-refractivity contribution in [3.8, 4) is 0 Å². The predicted molar refractivity (Wildman–Crippen MR) is 66.0 cm³/mol. The van der Waals surface area contributed by atoms with Crippen LogP contribution in [0.25, 0.3) is 0 Å². The molecule has 0 aliphatic heterocycles. The molecule has 3 nitrogen and oxygen atoms in total. The molecule has 0 aliphatic rings. The minimum atomic E-state index is -0.488. The topological polar surface area (TPSA) is 55.5 Å². The maximum absolute atomic E-state index is 9.36. The van der Waals surface area contributed by atoms with Gasteiger partial charge in [0.2, 0.25) is 0 Å². The molecule has 15 heavy (non-hydrogen) atoms. The highest BCUT2D eigenvalue weighted by atomic mass is 79.9. The van der Waals surface area contributed by atoms with E-state index in [9.17, 15) is 5.11 Å². The lowest BCUT2D eigenvalue weighted by molar-refractivity contribution is -0.0581. The average Bonchev–Trinajstić information content (AvgIpc) is 2.60. The van der Waals surface area contributed by atoms with Gasteiger partial charge in [-0.2, -0.15) is 0 Å². The highest BCUT2D eigenvalue weighted by molar-refractivity contribution is 9.10. The van der Waals surface area contributed by atoms with Gasteiger partial charge in [0.1, 0.15) is 6.10 Å². The number of hydrogen-bond acceptors (Lipinski definition) is 4. The molecule has 0 fully saturated rings. The van der Waals surface area contributed by atoms with Crippen molar-refractivity contribution < 1.29 is 9.84 Å². The van der Waals surface area contributed by atoms with Crippen molar-refractivity contribution in [2.24, 2.45) is 5.73 Å². The lowest BCUT2D eigenvalue weighted by Gasteiger charge is -2.22. The normalized spacial score (nSPS) is 17.4. The van der Waals surface area contributed by atoms with Crippen LogP contribution in [0.1, 0.15) is 24.8 Å². The molecule has 5 heteroatoms. The smallest absolute Gasteiger partial charge is 0.105 e. The van der Waals surface area contributed by atoms with Crippen LogP contribution in [-0.4, -0.2) is 23.9 Å². The molecule has 0 bridgehead atoms. The molecule has 3 unspecified atom stereocenters. The second-order valence-electron chi connectivity index (χ2n) is 3.44. The van der Waals surface area contributed by atoms with E-state index in [1.54, 1.807) is 18.3 Å². The first kappa shape index (κ1) is 13.1. The van der Waals surface area contributed by atoms with Crippen LogP contribution in [0.2, 0.25) is 0 Å². The number of halogens is 1. The summed E-state index contributed by atoms with van der Waals surface area (Å²) in [6.07, 6.45) is -0.852. The van der Waals surface area contributed by atoms with Crippen molar-refractivity contribution in [1.29, 1.82) is 0 Å². The quantitative estimate of drug-likeness (QED) is 0.876. The van der Waals surface area contributed by atoms with Crippen LogP contribution in [-0.2, 0) is 4.74 Å². The van der Waals surface area contributed by atoms with Crippen molar-refractivity contribution in [2.45, 2.75) is 32.2 Å². The number of nitrogens with two attached hydrogens (primary N) is 1. The van der Waals surface area contributed by atoms with E-state index in [-0.39, 0.29) is 12.2 Å². The molecular weight excluding hydrogens is 278 g/mol. The van der Waals surface area contributed by atoms with E-state index in [4.69, 9.17) is 10.5 Å². The molecule has 1 rings (SSSR count). The van der Waals surface area contributed by atoms with Crippen LogP contribution in [0.5, 0.6) is 0 Å². The third kappa shape index (κ3) is 3.53. The fraction of sp³-hybridized carbons (Fsp3) is 0.600. The standard InChI is InChI=1S/C10H16BrNO2S/c1-6(13)7(2)14-9(5-12)10-8(11)3-4-15-10/h3-4,6-7,9,13H,5,12H2,1-2H3. The maximum atomic E-state index is 9.36. The first-order valence-electron chi connectivity index (χ1n) is 4.82. The zero-order chi connectivity index (χ0) is 11.4. The Kier molecular flexibility index (Phi) is 5.22. The molecular formula is C10H16BrNO2S. The maximum Gasteiger partial charge on any atom is 0.105 e. The Labute approximate surface area is 102 Å². The number of thiophene rings is 1. The van der Waals surface area contributed by atoms with Crippen molar-refractivity contribution in [2.75, 3.05) is 6.54 Å². The van der Waals surface area contributed by atoms with Gasteiger partial charge in [-0.1, -0.05) is 0 Å². The van der Waals surface area contributed by atoms with Crippen molar-refractivity contribution in [3.63, 3.8) is 0 Å². The van der Waals surface area contributed by atoms with Gasteiger partial charge in [-0.15, -0.1) is 11.3 Å². The van der Waals surface area contributed by atoms with Gasteiger partial charge in [0.05, 0.1) is 12.2 Å². The van der Waals surface area contributed by atoms with Gasteiger partial charge in [-0.05, 0) is 41.2 Å². The Morgan fingerprint density at radius 1 is 1.60 bits per heavy atom.